The van der Waals surface area contributed by atoms with Crippen LogP contribution in [0.1, 0.15) is 58.3 Å². The summed E-state index contributed by atoms with van der Waals surface area (Å²) >= 11 is 1.95. The van der Waals surface area contributed by atoms with Crippen molar-refractivity contribution < 1.29 is 4.79 Å². The summed E-state index contributed by atoms with van der Waals surface area (Å²) in [6.45, 7) is 3.08. The number of unbranched alkanes of at least 4 members (excludes halogenated alkanes) is 5. The summed E-state index contributed by atoms with van der Waals surface area (Å²) in [5.74, 6) is 1.74. The number of amides is 1. The topological polar surface area (TPSA) is 41.5 Å². The molecule has 0 radical (unpaired) electrons. The summed E-state index contributed by atoms with van der Waals surface area (Å²) < 4.78 is 0.0612. The Balaban J connectivity index is 1.48. The highest BCUT2D eigenvalue weighted by atomic mass is 32.2. The van der Waals surface area contributed by atoms with E-state index in [9.17, 15) is 4.79 Å². The highest BCUT2D eigenvalue weighted by molar-refractivity contribution is 8.01. The number of allylic oxidation sites excluding steroid dienone is 3. The van der Waals surface area contributed by atoms with Crippen molar-refractivity contribution in [3.05, 3.63) is 23.9 Å². The number of hydrogen-bond acceptors (Lipinski definition) is 3. The summed E-state index contributed by atoms with van der Waals surface area (Å²) in [5.41, 5.74) is 1.18. The van der Waals surface area contributed by atoms with Gasteiger partial charge in [0.1, 0.15) is 0 Å². The van der Waals surface area contributed by atoms with Gasteiger partial charge in [-0.3, -0.25) is 9.79 Å². The lowest BCUT2D eigenvalue weighted by Gasteiger charge is -2.39. The van der Waals surface area contributed by atoms with Crippen LogP contribution in [-0.4, -0.2) is 29.2 Å². The zero-order valence-corrected chi connectivity index (χ0v) is 15.6. The standard InChI is InChI=1S/C20H30N2OS/c1-2-3-4-5-6-9-13-22-19(23)16-15-24-20-12-8-7-10-18(20)21-14-11-17(16)20/h7-8,10,14,16-17H,2-6,9,11-13,15H2,1H3,(H,22,23). The zero-order chi connectivity index (χ0) is 16.8. The zero-order valence-electron chi connectivity index (χ0n) is 14.8. The molecule has 1 N–H and O–H groups in total. The molecule has 0 aromatic heterocycles. The lowest BCUT2D eigenvalue weighted by molar-refractivity contribution is -0.125. The first kappa shape index (κ1) is 17.8. The Hall–Kier alpha value is -1.03. The highest BCUT2D eigenvalue weighted by Gasteiger charge is 2.54. The lowest BCUT2D eigenvalue weighted by Crippen LogP contribution is -2.43. The van der Waals surface area contributed by atoms with E-state index in [4.69, 9.17) is 0 Å². The van der Waals surface area contributed by atoms with E-state index in [2.05, 4.69) is 35.5 Å². The monoisotopic (exact) mass is 346 g/mol. The average molecular weight is 347 g/mol. The summed E-state index contributed by atoms with van der Waals surface area (Å²) in [5, 5.41) is 3.21. The largest absolute Gasteiger partial charge is 0.356 e. The molecule has 1 fully saturated rings. The third-order valence-electron chi connectivity index (χ3n) is 5.61. The van der Waals surface area contributed by atoms with Gasteiger partial charge in [-0.25, -0.2) is 0 Å². The normalized spacial score (nSPS) is 30.6. The van der Waals surface area contributed by atoms with Gasteiger partial charge in [0.05, 0.1) is 16.4 Å². The number of nitrogens with zero attached hydrogens (tertiary/aromatic N) is 1. The van der Waals surface area contributed by atoms with Crippen LogP contribution in [0.4, 0.5) is 0 Å². The molecule has 1 saturated heterocycles. The molecule has 3 nitrogen and oxygen atoms in total. The van der Waals surface area contributed by atoms with E-state index < -0.39 is 0 Å². The first-order valence-electron chi connectivity index (χ1n) is 9.59. The van der Waals surface area contributed by atoms with Gasteiger partial charge in [-0.2, -0.15) is 0 Å². The van der Waals surface area contributed by atoms with Crippen LogP contribution in [0.3, 0.4) is 0 Å². The summed E-state index contributed by atoms with van der Waals surface area (Å²) in [6, 6.07) is 0. The van der Waals surface area contributed by atoms with Gasteiger partial charge in [-0.05, 0) is 31.3 Å². The molecule has 0 saturated carbocycles. The maximum Gasteiger partial charge on any atom is 0.224 e. The molecule has 1 spiro atoms. The van der Waals surface area contributed by atoms with Crippen LogP contribution in [0.15, 0.2) is 28.9 Å². The Morgan fingerprint density at radius 2 is 2.17 bits per heavy atom. The van der Waals surface area contributed by atoms with Crippen LogP contribution >= 0.6 is 11.8 Å². The van der Waals surface area contributed by atoms with Gasteiger partial charge in [-0.15, -0.1) is 11.8 Å². The van der Waals surface area contributed by atoms with E-state index in [0.717, 1.165) is 31.6 Å². The van der Waals surface area contributed by atoms with Gasteiger partial charge in [0.2, 0.25) is 5.91 Å². The van der Waals surface area contributed by atoms with Crippen molar-refractivity contribution >= 4 is 23.9 Å². The van der Waals surface area contributed by atoms with Crippen LogP contribution < -0.4 is 5.32 Å². The fourth-order valence-electron chi connectivity index (χ4n) is 4.19. The molecular formula is C20H30N2OS. The third kappa shape index (κ3) is 3.63. The van der Waals surface area contributed by atoms with E-state index in [1.54, 1.807) is 0 Å². The smallest absolute Gasteiger partial charge is 0.224 e. The van der Waals surface area contributed by atoms with Crippen LogP contribution in [0, 0.1) is 11.8 Å². The van der Waals surface area contributed by atoms with Crippen molar-refractivity contribution in [2.75, 3.05) is 12.3 Å². The molecule has 24 heavy (non-hydrogen) atoms. The SMILES string of the molecule is CCCCCCCCNC(=O)C1CSC23CC=CC=C2N=CCC13. The van der Waals surface area contributed by atoms with Gasteiger partial charge in [0, 0.05) is 18.5 Å². The maximum absolute atomic E-state index is 12.7. The van der Waals surface area contributed by atoms with Gasteiger partial charge in [-0.1, -0.05) is 51.2 Å². The van der Waals surface area contributed by atoms with E-state index in [0.29, 0.717) is 5.92 Å². The van der Waals surface area contributed by atoms with Crippen LogP contribution in [0.25, 0.3) is 0 Å². The maximum atomic E-state index is 12.7. The Kier molecular flexibility index (Phi) is 6.20. The van der Waals surface area contributed by atoms with E-state index in [1.807, 2.05) is 18.0 Å². The lowest BCUT2D eigenvalue weighted by atomic mass is 9.73. The third-order valence-corrected chi connectivity index (χ3v) is 7.33. The molecule has 0 aromatic rings. The van der Waals surface area contributed by atoms with E-state index in [1.165, 1.54) is 37.8 Å². The summed E-state index contributed by atoms with van der Waals surface area (Å²) in [6.07, 6.45) is 18.0. The highest BCUT2D eigenvalue weighted by Crippen LogP contribution is 2.56. The van der Waals surface area contributed by atoms with Gasteiger partial charge in [0.25, 0.3) is 0 Å². The second kappa shape index (κ2) is 8.37. The molecule has 4 heteroatoms. The van der Waals surface area contributed by atoms with Gasteiger partial charge >= 0.3 is 0 Å². The number of nitrogens with one attached hydrogen (secondary N) is 1. The molecule has 0 aromatic carbocycles. The first-order chi connectivity index (χ1) is 11.8. The number of thioether (sulfide) groups is 1. The number of rotatable bonds is 8. The van der Waals surface area contributed by atoms with Crippen molar-refractivity contribution in [2.45, 2.75) is 63.0 Å². The molecule has 0 bridgehead atoms. The number of carbonyl (C=O) groups excluding carboxylic acids is 1. The molecule has 2 aliphatic heterocycles. The molecule has 1 aliphatic carbocycles. The summed E-state index contributed by atoms with van der Waals surface area (Å²) in [4.78, 5) is 17.3. The Labute approximate surface area is 150 Å². The second-order valence-corrected chi connectivity index (χ2v) is 8.55. The van der Waals surface area contributed by atoms with Crippen molar-refractivity contribution in [1.29, 1.82) is 0 Å². The average Bonchev–Trinajstić information content (AvgIpc) is 2.98. The Morgan fingerprint density at radius 1 is 1.33 bits per heavy atom. The van der Waals surface area contributed by atoms with Crippen LogP contribution in [0.2, 0.25) is 0 Å². The van der Waals surface area contributed by atoms with Crippen molar-refractivity contribution in [3.8, 4) is 0 Å². The van der Waals surface area contributed by atoms with Crippen molar-refractivity contribution in [3.63, 3.8) is 0 Å². The molecular weight excluding hydrogens is 316 g/mol. The number of hydrogen-bond donors (Lipinski definition) is 1. The van der Waals surface area contributed by atoms with Crippen molar-refractivity contribution in [2.24, 2.45) is 16.8 Å². The Bertz CT molecular complexity index is 540. The van der Waals surface area contributed by atoms with Crippen LogP contribution in [0.5, 0.6) is 0 Å². The van der Waals surface area contributed by atoms with Gasteiger partial charge < -0.3 is 5.32 Å². The molecule has 132 valence electrons. The van der Waals surface area contributed by atoms with Crippen LogP contribution in [-0.2, 0) is 4.79 Å². The molecule has 2 heterocycles. The Morgan fingerprint density at radius 3 is 3.04 bits per heavy atom. The quantitative estimate of drug-likeness (QED) is 0.658. The predicted octanol–water partition coefficient (Wildman–Crippen LogP) is 4.50. The minimum atomic E-state index is 0.0612. The second-order valence-electron chi connectivity index (χ2n) is 7.20. The van der Waals surface area contributed by atoms with E-state index in [-0.39, 0.29) is 16.6 Å². The van der Waals surface area contributed by atoms with Crippen molar-refractivity contribution in [1.82, 2.24) is 5.32 Å². The molecule has 3 rings (SSSR count). The number of carbonyl (C=O) groups is 1. The molecule has 3 atom stereocenters. The molecule has 1 amide bonds. The van der Waals surface area contributed by atoms with E-state index >= 15 is 0 Å². The minimum Gasteiger partial charge on any atom is -0.356 e. The van der Waals surface area contributed by atoms with Gasteiger partial charge in [0.15, 0.2) is 0 Å². The summed E-state index contributed by atoms with van der Waals surface area (Å²) in [7, 11) is 0. The molecule has 3 aliphatic rings. The fraction of sp³-hybridized carbons (Fsp3) is 0.700. The fourth-order valence-corrected chi connectivity index (χ4v) is 6.00. The minimum absolute atomic E-state index is 0.0612. The predicted molar refractivity (Wildman–Crippen MR) is 104 cm³/mol. The molecule has 3 unspecified atom stereocenters. The first-order valence-corrected chi connectivity index (χ1v) is 10.6. The number of aliphatic imine (C=N–C) groups is 1.